The van der Waals surface area contributed by atoms with Crippen molar-refractivity contribution in [3.05, 3.63) is 42.6 Å². The van der Waals surface area contributed by atoms with Crippen LogP contribution in [0.1, 0.15) is 12.8 Å². The Morgan fingerprint density at radius 2 is 1.88 bits per heavy atom. The maximum atomic E-state index is 9.84. The minimum Gasteiger partial charge on any atom is -0.391 e. The number of piperidine rings is 1. The van der Waals surface area contributed by atoms with E-state index in [-0.39, 0.29) is 6.10 Å². The van der Waals surface area contributed by atoms with Crippen LogP contribution in [0.2, 0.25) is 0 Å². The SMILES string of the molecule is O[C@@H]1CCCN(c2ccc(-c3cccc(N4CCOCC4)c3)cn2)C1. The number of morpholine rings is 1. The number of aromatic nitrogens is 1. The third-order valence-corrected chi connectivity index (χ3v) is 5.02. The Morgan fingerprint density at radius 3 is 2.64 bits per heavy atom. The first-order chi connectivity index (χ1) is 12.3. The fourth-order valence-electron chi connectivity index (χ4n) is 3.61. The summed E-state index contributed by atoms with van der Waals surface area (Å²) >= 11 is 0. The van der Waals surface area contributed by atoms with Gasteiger partial charge in [-0.3, -0.25) is 0 Å². The van der Waals surface area contributed by atoms with E-state index >= 15 is 0 Å². The van der Waals surface area contributed by atoms with Gasteiger partial charge < -0.3 is 19.6 Å². The zero-order chi connectivity index (χ0) is 17.1. The van der Waals surface area contributed by atoms with Crippen LogP contribution >= 0.6 is 0 Å². The molecule has 5 nitrogen and oxygen atoms in total. The number of hydrogen-bond donors (Lipinski definition) is 1. The van der Waals surface area contributed by atoms with Crippen molar-refractivity contribution in [3.8, 4) is 11.1 Å². The standard InChI is InChI=1S/C20H25N3O2/c24-19-5-2-8-23(15-19)20-7-6-17(14-21-20)16-3-1-4-18(13-16)22-9-11-25-12-10-22/h1,3-4,6-7,13-14,19,24H,2,5,8-12,15H2/t19-/m1/s1. The Bertz CT molecular complexity index is 698. The number of pyridine rings is 1. The third-order valence-electron chi connectivity index (χ3n) is 5.02. The summed E-state index contributed by atoms with van der Waals surface area (Å²) in [5, 5.41) is 9.84. The molecule has 1 N–H and O–H groups in total. The summed E-state index contributed by atoms with van der Waals surface area (Å²) < 4.78 is 5.44. The van der Waals surface area contributed by atoms with E-state index in [1.54, 1.807) is 0 Å². The van der Waals surface area contributed by atoms with E-state index in [4.69, 9.17) is 4.74 Å². The summed E-state index contributed by atoms with van der Waals surface area (Å²) in [6, 6.07) is 12.8. The highest BCUT2D eigenvalue weighted by Crippen LogP contribution is 2.26. The lowest BCUT2D eigenvalue weighted by Gasteiger charge is -2.31. The Labute approximate surface area is 148 Å². The van der Waals surface area contributed by atoms with Crippen molar-refractivity contribution in [3.63, 3.8) is 0 Å². The molecule has 5 heteroatoms. The minimum atomic E-state index is -0.236. The summed E-state index contributed by atoms with van der Waals surface area (Å²) in [6.07, 6.45) is 3.62. The van der Waals surface area contributed by atoms with Gasteiger partial charge in [0.1, 0.15) is 5.82 Å². The monoisotopic (exact) mass is 339 g/mol. The maximum Gasteiger partial charge on any atom is 0.128 e. The van der Waals surface area contributed by atoms with Gasteiger partial charge in [0.15, 0.2) is 0 Å². The molecule has 0 radical (unpaired) electrons. The fraction of sp³-hybridized carbons (Fsp3) is 0.450. The summed E-state index contributed by atoms with van der Waals surface area (Å²) in [5.41, 5.74) is 3.54. The van der Waals surface area contributed by atoms with Crippen LogP contribution in [0.25, 0.3) is 11.1 Å². The van der Waals surface area contributed by atoms with Gasteiger partial charge in [0, 0.05) is 43.6 Å². The molecule has 1 aromatic carbocycles. The van der Waals surface area contributed by atoms with Crippen molar-refractivity contribution in [2.75, 3.05) is 49.2 Å². The first-order valence-electron chi connectivity index (χ1n) is 9.12. The lowest BCUT2D eigenvalue weighted by Crippen LogP contribution is -2.38. The minimum absolute atomic E-state index is 0.236. The van der Waals surface area contributed by atoms with Crippen LogP contribution < -0.4 is 9.80 Å². The molecule has 0 bridgehead atoms. The molecule has 132 valence electrons. The van der Waals surface area contributed by atoms with Gasteiger partial charge in [0.25, 0.3) is 0 Å². The highest BCUT2D eigenvalue weighted by Gasteiger charge is 2.18. The van der Waals surface area contributed by atoms with Crippen LogP contribution in [0.15, 0.2) is 42.6 Å². The molecular weight excluding hydrogens is 314 g/mol. The van der Waals surface area contributed by atoms with Crippen LogP contribution in [0.4, 0.5) is 11.5 Å². The lowest BCUT2D eigenvalue weighted by atomic mass is 10.1. The van der Waals surface area contributed by atoms with Gasteiger partial charge in [-0.05, 0) is 42.7 Å². The average Bonchev–Trinajstić information content (AvgIpc) is 2.69. The van der Waals surface area contributed by atoms with Crippen molar-refractivity contribution in [2.45, 2.75) is 18.9 Å². The Morgan fingerprint density at radius 1 is 1.00 bits per heavy atom. The number of aliphatic hydroxyl groups is 1. The van der Waals surface area contributed by atoms with E-state index in [0.29, 0.717) is 6.54 Å². The van der Waals surface area contributed by atoms with Gasteiger partial charge in [0.2, 0.25) is 0 Å². The van der Waals surface area contributed by atoms with Crippen molar-refractivity contribution < 1.29 is 9.84 Å². The number of aliphatic hydroxyl groups excluding tert-OH is 1. The number of nitrogens with zero attached hydrogens (tertiary/aromatic N) is 3. The molecule has 25 heavy (non-hydrogen) atoms. The largest absolute Gasteiger partial charge is 0.391 e. The summed E-state index contributed by atoms with van der Waals surface area (Å²) in [7, 11) is 0. The number of rotatable bonds is 3. The quantitative estimate of drug-likeness (QED) is 0.931. The summed E-state index contributed by atoms with van der Waals surface area (Å²) in [5.74, 6) is 0.951. The second-order valence-corrected chi connectivity index (χ2v) is 6.80. The molecule has 0 unspecified atom stereocenters. The topological polar surface area (TPSA) is 48.8 Å². The van der Waals surface area contributed by atoms with E-state index in [1.807, 2.05) is 6.20 Å². The highest BCUT2D eigenvalue weighted by molar-refractivity contribution is 5.69. The molecule has 4 rings (SSSR count). The second kappa shape index (κ2) is 7.42. The van der Waals surface area contributed by atoms with Gasteiger partial charge in [-0.2, -0.15) is 0 Å². The predicted molar refractivity (Wildman–Crippen MR) is 100 cm³/mol. The molecule has 0 amide bonds. The molecule has 0 spiro atoms. The molecule has 1 atom stereocenters. The Hall–Kier alpha value is -2.11. The molecule has 0 aliphatic carbocycles. The van der Waals surface area contributed by atoms with Gasteiger partial charge in [0.05, 0.1) is 19.3 Å². The van der Waals surface area contributed by atoms with Crippen molar-refractivity contribution >= 4 is 11.5 Å². The Kier molecular flexibility index (Phi) is 4.85. The first kappa shape index (κ1) is 16.4. The molecule has 0 saturated carbocycles. The molecule has 3 heterocycles. The van der Waals surface area contributed by atoms with E-state index in [1.165, 1.54) is 11.3 Å². The summed E-state index contributed by atoms with van der Waals surface area (Å²) in [6.45, 7) is 5.12. The first-order valence-corrected chi connectivity index (χ1v) is 9.12. The van der Waals surface area contributed by atoms with Gasteiger partial charge in [-0.25, -0.2) is 4.98 Å². The average molecular weight is 339 g/mol. The van der Waals surface area contributed by atoms with Crippen LogP contribution in [0.3, 0.4) is 0 Å². The molecule has 2 aliphatic rings. The number of anilines is 2. The molecule has 2 aromatic rings. The van der Waals surface area contributed by atoms with Crippen molar-refractivity contribution in [1.82, 2.24) is 4.98 Å². The van der Waals surface area contributed by atoms with Crippen LogP contribution in [-0.2, 0) is 4.74 Å². The zero-order valence-electron chi connectivity index (χ0n) is 14.5. The highest BCUT2D eigenvalue weighted by atomic mass is 16.5. The van der Waals surface area contributed by atoms with E-state index in [9.17, 15) is 5.11 Å². The van der Waals surface area contributed by atoms with Crippen LogP contribution in [0, 0.1) is 0 Å². The van der Waals surface area contributed by atoms with Gasteiger partial charge >= 0.3 is 0 Å². The molecule has 2 fully saturated rings. The molecule has 2 saturated heterocycles. The van der Waals surface area contributed by atoms with Crippen LogP contribution in [0.5, 0.6) is 0 Å². The predicted octanol–water partition coefficient (Wildman–Crippen LogP) is 2.55. The maximum absolute atomic E-state index is 9.84. The second-order valence-electron chi connectivity index (χ2n) is 6.80. The smallest absolute Gasteiger partial charge is 0.128 e. The van der Waals surface area contributed by atoms with Gasteiger partial charge in [-0.1, -0.05) is 12.1 Å². The molecule has 1 aromatic heterocycles. The fourth-order valence-corrected chi connectivity index (χ4v) is 3.61. The molecule has 2 aliphatic heterocycles. The zero-order valence-corrected chi connectivity index (χ0v) is 14.5. The summed E-state index contributed by atoms with van der Waals surface area (Å²) in [4.78, 5) is 9.17. The number of ether oxygens (including phenoxy) is 1. The normalized spacial score (nSPS) is 21.4. The number of β-amino-alcohol motifs (C(OH)–C–C–N with tert-alkyl or cyclic N) is 1. The lowest BCUT2D eigenvalue weighted by molar-refractivity contribution is 0.122. The van der Waals surface area contributed by atoms with Crippen molar-refractivity contribution in [1.29, 1.82) is 0 Å². The number of benzene rings is 1. The van der Waals surface area contributed by atoms with E-state index in [2.05, 4.69) is 51.2 Å². The van der Waals surface area contributed by atoms with Crippen molar-refractivity contribution in [2.24, 2.45) is 0 Å². The van der Waals surface area contributed by atoms with E-state index < -0.39 is 0 Å². The molecular formula is C20H25N3O2. The van der Waals surface area contributed by atoms with Crippen LogP contribution in [-0.4, -0.2) is 55.6 Å². The Balaban J connectivity index is 1.51. The third kappa shape index (κ3) is 3.78. The number of hydrogen-bond acceptors (Lipinski definition) is 5. The van der Waals surface area contributed by atoms with Gasteiger partial charge in [-0.15, -0.1) is 0 Å². The van der Waals surface area contributed by atoms with E-state index in [0.717, 1.165) is 57.1 Å².